The summed E-state index contributed by atoms with van der Waals surface area (Å²) >= 11 is 0. The summed E-state index contributed by atoms with van der Waals surface area (Å²) in [6, 6.07) is 0. The molecule has 12 nitrogen and oxygen atoms in total. The molecule has 2 aliphatic heterocycles. The van der Waals surface area contributed by atoms with Gasteiger partial charge < -0.3 is 54.7 Å². The zero-order valence-corrected chi connectivity index (χ0v) is 13.9. The quantitative estimate of drug-likeness (QED) is 0.224. The first-order valence-electron chi connectivity index (χ1n) is 7.96. The van der Waals surface area contributed by atoms with E-state index in [2.05, 4.69) is 0 Å². The lowest BCUT2D eigenvalue weighted by atomic mass is 9.97. The Bertz CT molecular complexity index is 471. The fourth-order valence-corrected chi connectivity index (χ4v) is 2.89. The summed E-state index contributed by atoms with van der Waals surface area (Å²) in [5.41, 5.74) is 0. The highest BCUT2D eigenvalue weighted by atomic mass is 16.7. The summed E-state index contributed by atoms with van der Waals surface area (Å²) in [6.45, 7) is -0.309. The molecule has 0 saturated carbocycles. The van der Waals surface area contributed by atoms with E-state index in [1.807, 2.05) is 0 Å². The Morgan fingerprint density at radius 3 is 1.92 bits per heavy atom. The van der Waals surface area contributed by atoms with Crippen molar-refractivity contribution in [2.75, 3.05) is 13.2 Å². The normalized spacial score (nSPS) is 46.8. The number of hydrogen-bond donors (Lipinski definition) is 7. The number of aliphatic hydroxyl groups excluding tert-OH is 7. The molecule has 2 saturated heterocycles. The van der Waals surface area contributed by atoms with E-state index in [0.717, 1.165) is 6.92 Å². The molecule has 0 spiro atoms. The van der Waals surface area contributed by atoms with Gasteiger partial charge in [-0.3, -0.25) is 4.79 Å². The minimum atomic E-state index is -1.76. The summed E-state index contributed by atoms with van der Waals surface area (Å²) < 4.78 is 20.4. The summed E-state index contributed by atoms with van der Waals surface area (Å²) in [7, 11) is 0. The van der Waals surface area contributed by atoms with E-state index >= 15 is 0 Å². The van der Waals surface area contributed by atoms with Crippen molar-refractivity contribution in [1.29, 1.82) is 0 Å². The van der Waals surface area contributed by atoms with Crippen LogP contribution in [0.1, 0.15) is 6.92 Å². The molecule has 0 aliphatic carbocycles. The van der Waals surface area contributed by atoms with Gasteiger partial charge in [0, 0.05) is 6.92 Å². The van der Waals surface area contributed by atoms with E-state index in [9.17, 15) is 40.5 Å². The summed E-state index contributed by atoms with van der Waals surface area (Å²) in [6.07, 6.45) is -15.6. The van der Waals surface area contributed by atoms with Gasteiger partial charge in [-0.15, -0.1) is 0 Å². The molecular formula is C14H24O12. The van der Waals surface area contributed by atoms with E-state index in [4.69, 9.17) is 18.9 Å². The second-order valence-electron chi connectivity index (χ2n) is 6.11. The molecule has 2 heterocycles. The van der Waals surface area contributed by atoms with E-state index in [-0.39, 0.29) is 0 Å². The van der Waals surface area contributed by atoms with Gasteiger partial charge in [0.25, 0.3) is 0 Å². The molecule has 0 radical (unpaired) electrons. The predicted molar refractivity (Wildman–Crippen MR) is 78.2 cm³/mol. The van der Waals surface area contributed by atoms with Gasteiger partial charge in [0.15, 0.2) is 18.7 Å². The van der Waals surface area contributed by atoms with Crippen LogP contribution in [0, 0.1) is 0 Å². The van der Waals surface area contributed by atoms with Crippen LogP contribution in [0.3, 0.4) is 0 Å². The Balaban J connectivity index is 2.14. The zero-order valence-electron chi connectivity index (χ0n) is 13.9. The molecular weight excluding hydrogens is 360 g/mol. The number of carbonyl (C=O) groups is 1. The van der Waals surface area contributed by atoms with Gasteiger partial charge in [-0.25, -0.2) is 0 Å². The van der Waals surface area contributed by atoms with Crippen molar-refractivity contribution in [3.8, 4) is 0 Å². The van der Waals surface area contributed by atoms with E-state index < -0.39 is 80.6 Å². The van der Waals surface area contributed by atoms with Crippen molar-refractivity contribution in [3.05, 3.63) is 0 Å². The second-order valence-corrected chi connectivity index (χ2v) is 6.11. The van der Waals surface area contributed by atoms with Crippen molar-refractivity contribution >= 4 is 5.97 Å². The Hall–Kier alpha value is -0.930. The molecule has 0 aromatic heterocycles. The van der Waals surface area contributed by atoms with Gasteiger partial charge >= 0.3 is 5.97 Å². The van der Waals surface area contributed by atoms with Crippen LogP contribution in [0.15, 0.2) is 0 Å². The van der Waals surface area contributed by atoms with Crippen LogP contribution in [0.2, 0.25) is 0 Å². The lowest BCUT2D eigenvalue weighted by Gasteiger charge is -2.45. The lowest BCUT2D eigenvalue weighted by Crippen LogP contribution is -2.64. The van der Waals surface area contributed by atoms with Gasteiger partial charge in [-0.05, 0) is 0 Å². The molecule has 2 rings (SSSR count). The molecule has 12 heteroatoms. The third kappa shape index (κ3) is 4.31. The molecule has 1 unspecified atom stereocenters. The van der Waals surface area contributed by atoms with Crippen molar-refractivity contribution < 1.29 is 59.5 Å². The van der Waals surface area contributed by atoms with Gasteiger partial charge in [0.1, 0.15) is 42.7 Å². The third-order valence-electron chi connectivity index (χ3n) is 4.25. The smallest absolute Gasteiger partial charge is 0.303 e. The van der Waals surface area contributed by atoms with Crippen molar-refractivity contribution in [2.45, 2.75) is 68.3 Å². The Kier molecular flexibility index (Phi) is 7.27. The monoisotopic (exact) mass is 384 g/mol. The largest absolute Gasteiger partial charge is 0.457 e. The van der Waals surface area contributed by atoms with E-state index in [1.165, 1.54) is 0 Å². The summed E-state index contributed by atoms with van der Waals surface area (Å²) in [5, 5.41) is 68.2. The van der Waals surface area contributed by atoms with Crippen LogP contribution in [-0.2, 0) is 23.7 Å². The predicted octanol–water partition coefficient (Wildman–Crippen LogP) is -4.83. The molecule has 0 amide bonds. The Morgan fingerprint density at radius 2 is 1.38 bits per heavy atom. The fourth-order valence-electron chi connectivity index (χ4n) is 2.89. The highest BCUT2D eigenvalue weighted by Crippen LogP contribution is 2.29. The van der Waals surface area contributed by atoms with Gasteiger partial charge in [0.05, 0.1) is 13.2 Å². The number of carbonyl (C=O) groups excluding carboxylic acids is 1. The molecule has 0 aromatic rings. The molecule has 152 valence electrons. The van der Waals surface area contributed by atoms with Crippen LogP contribution in [0.25, 0.3) is 0 Å². The number of aliphatic hydroxyl groups is 7. The van der Waals surface area contributed by atoms with Crippen molar-refractivity contribution in [2.24, 2.45) is 0 Å². The van der Waals surface area contributed by atoms with Crippen molar-refractivity contribution in [3.63, 3.8) is 0 Å². The molecule has 26 heavy (non-hydrogen) atoms. The van der Waals surface area contributed by atoms with E-state index in [1.54, 1.807) is 0 Å². The Labute approximate surface area is 148 Å². The molecule has 0 bridgehead atoms. The first-order chi connectivity index (χ1) is 12.2. The SMILES string of the molecule is CC(=O)O[C@H]1[C@H](O)[C@@H](O)[C@@H](O[C@H]2[C@H](O)[C@@H](O)C(O)O[C@@H]2CO)O[C@@H]1CO. The first kappa shape index (κ1) is 21.4. The van der Waals surface area contributed by atoms with Crippen LogP contribution >= 0.6 is 0 Å². The molecule has 10 atom stereocenters. The minimum absolute atomic E-state index is 0.684. The molecule has 2 fully saturated rings. The maximum atomic E-state index is 11.1. The number of esters is 1. The van der Waals surface area contributed by atoms with Crippen LogP contribution in [-0.4, -0.2) is 116 Å². The van der Waals surface area contributed by atoms with E-state index in [0.29, 0.717) is 0 Å². The third-order valence-corrected chi connectivity index (χ3v) is 4.25. The average Bonchev–Trinajstić information content (AvgIpc) is 2.60. The maximum absolute atomic E-state index is 11.1. The molecule has 2 aliphatic rings. The topological polar surface area (TPSA) is 196 Å². The first-order valence-corrected chi connectivity index (χ1v) is 7.96. The summed E-state index contributed by atoms with van der Waals surface area (Å²) in [4.78, 5) is 11.1. The minimum Gasteiger partial charge on any atom is -0.457 e. The average molecular weight is 384 g/mol. The summed E-state index contributed by atoms with van der Waals surface area (Å²) in [5.74, 6) is -0.767. The highest BCUT2D eigenvalue weighted by molar-refractivity contribution is 5.66. The number of rotatable bonds is 5. The van der Waals surface area contributed by atoms with Gasteiger partial charge in [0.2, 0.25) is 0 Å². The highest BCUT2D eigenvalue weighted by Gasteiger charge is 2.51. The fraction of sp³-hybridized carbons (Fsp3) is 0.929. The van der Waals surface area contributed by atoms with Gasteiger partial charge in [-0.1, -0.05) is 0 Å². The zero-order chi connectivity index (χ0) is 19.6. The van der Waals surface area contributed by atoms with Crippen LogP contribution in [0.5, 0.6) is 0 Å². The van der Waals surface area contributed by atoms with Crippen LogP contribution in [0.4, 0.5) is 0 Å². The second kappa shape index (κ2) is 8.84. The number of ether oxygens (including phenoxy) is 4. The number of hydrogen-bond acceptors (Lipinski definition) is 12. The molecule has 7 N–H and O–H groups in total. The molecule has 0 aromatic carbocycles. The van der Waals surface area contributed by atoms with Gasteiger partial charge in [-0.2, -0.15) is 0 Å². The maximum Gasteiger partial charge on any atom is 0.303 e. The lowest BCUT2D eigenvalue weighted by molar-refractivity contribution is -0.355. The van der Waals surface area contributed by atoms with Crippen molar-refractivity contribution in [1.82, 2.24) is 0 Å². The Morgan fingerprint density at radius 1 is 0.846 bits per heavy atom. The standard InChI is InChI=1S/C14H24O12/c1-4(17)23-11-6(3-16)25-14(10(21)8(11)19)26-12-5(2-15)24-13(22)9(20)7(12)18/h5-16,18-22H,2-3H2,1H3/t5-,6-,7-,8-,9-,10-,11-,12-,13?,14-/m1/s1. The van der Waals surface area contributed by atoms with Crippen LogP contribution < -0.4 is 0 Å².